The lowest BCUT2D eigenvalue weighted by Crippen LogP contribution is -2.13. The Bertz CT molecular complexity index is 1010. The molecule has 1 aromatic heterocycles. The van der Waals surface area contributed by atoms with E-state index >= 15 is 0 Å². The van der Waals surface area contributed by atoms with E-state index in [1.807, 2.05) is 0 Å². The minimum atomic E-state index is -0.456. The Morgan fingerprint density at radius 1 is 1.30 bits per heavy atom. The second kappa shape index (κ2) is 5.94. The highest BCUT2D eigenvalue weighted by Gasteiger charge is 2.12. The molecule has 0 bridgehead atoms. The van der Waals surface area contributed by atoms with Gasteiger partial charge in [-0.3, -0.25) is 14.9 Å². The van der Waals surface area contributed by atoms with E-state index in [0.717, 1.165) is 4.70 Å². The van der Waals surface area contributed by atoms with Gasteiger partial charge in [0.2, 0.25) is 0 Å². The number of non-ortho nitro benzene ring substituents is 1. The molecule has 0 aliphatic carbocycles. The zero-order valence-electron chi connectivity index (χ0n) is 11.9. The summed E-state index contributed by atoms with van der Waals surface area (Å²) >= 11 is 7.28. The quantitative estimate of drug-likeness (QED) is 0.525. The number of nitro benzene ring substituents is 1. The van der Waals surface area contributed by atoms with E-state index in [1.165, 1.54) is 23.5 Å². The van der Waals surface area contributed by atoms with Crippen molar-refractivity contribution in [1.82, 2.24) is 4.57 Å². The van der Waals surface area contributed by atoms with Gasteiger partial charge in [0.1, 0.15) is 0 Å². The van der Waals surface area contributed by atoms with Crippen molar-refractivity contribution in [2.45, 2.75) is 0 Å². The second-order valence-electron chi connectivity index (χ2n) is 4.75. The number of thiazole rings is 1. The van der Waals surface area contributed by atoms with Gasteiger partial charge in [0.15, 0.2) is 4.80 Å². The number of fused-ring (bicyclic) bond motifs is 1. The molecule has 8 heteroatoms. The van der Waals surface area contributed by atoms with Crippen LogP contribution in [0.5, 0.6) is 0 Å². The fourth-order valence-electron chi connectivity index (χ4n) is 2.12. The minimum Gasteiger partial charge on any atom is -0.319 e. The Hall–Kier alpha value is -2.51. The van der Waals surface area contributed by atoms with Gasteiger partial charge in [-0.1, -0.05) is 35.1 Å². The van der Waals surface area contributed by atoms with Gasteiger partial charge in [0, 0.05) is 19.2 Å². The Morgan fingerprint density at radius 2 is 2.04 bits per heavy atom. The molecular weight excluding hydrogens is 338 g/mol. The van der Waals surface area contributed by atoms with E-state index in [2.05, 4.69) is 4.99 Å². The highest BCUT2D eigenvalue weighted by atomic mass is 35.5. The lowest BCUT2D eigenvalue weighted by molar-refractivity contribution is -0.384. The second-order valence-corrected chi connectivity index (χ2v) is 6.17. The third-order valence-corrected chi connectivity index (χ3v) is 4.75. The van der Waals surface area contributed by atoms with Crippen LogP contribution in [0.3, 0.4) is 0 Å². The molecule has 0 saturated carbocycles. The summed E-state index contributed by atoms with van der Waals surface area (Å²) in [6.45, 7) is 0. The molecule has 0 aliphatic heterocycles. The molecule has 0 spiro atoms. The number of nitrogens with zero attached hydrogens (tertiary/aromatic N) is 3. The number of aryl methyl sites for hydroxylation is 1. The maximum atomic E-state index is 12.3. The summed E-state index contributed by atoms with van der Waals surface area (Å²) in [7, 11) is 1.71. The van der Waals surface area contributed by atoms with Crippen LogP contribution >= 0.6 is 22.9 Å². The van der Waals surface area contributed by atoms with E-state index in [1.54, 1.807) is 41.9 Å². The molecule has 0 radical (unpaired) electrons. The lowest BCUT2D eigenvalue weighted by atomic mass is 10.2. The molecule has 0 saturated heterocycles. The Balaban J connectivity index is 2.13. The minimum absolute atomic E-state index is 0.00474. The van der Waals surface area contributed by atoms with Crippen LogP contribution in [0.2, 0.25) is 5.02 Å². The van der Waals surface area contributed by atoms with Gasteiger partial charge in [-0.2, -0.15) is 4.99 Å². The molecule has 0 atom stereocenters. The number of hydrogen-bond donors (Lipinski definition) is 0. The first-order valence-electron chi connectivity index (χ1n) is 6.55. The molecule has 1 amide bonds. The van der Waals surface area contributed by atoms with Gasteiger partial charge >= 0.3 is 0 Å². The number of amides is 1. The fraction of sp³-hybridized carbons (Fsp3) is 0.0667. The van der Waals surface area contributed by atoms with E-state index in [-0.39, 0.29) is 5.69 Å². The maximum absolute atomic E-state index is 12.3. The Morgan fingerprint density at radius 3 is 2.74 bits per heavy atom. The summed E-state index contributed by atoms with van der Waals surface area (Å²) in [5, 5.41) is 11.2. The number of halogens is 1. The SMILES string of the molecule is Cn1c(=NC(=O)c2ccccc2Cl)sc2ccc([N+](=O)[O-])cc21. The smallest absolute Gasteiger partial charge is 0.281 e. The average molecular weight is 348 g/mol. The third kappa shape index (κ3) is 2.88. The predicted octanol–water partition coefficient (Wildman–Crippen LogP) is 3.54. The molecule has 1 heterocycles. The van der Waals surface area contributed by atoms with Crippen molar-refractivity contribution >= 4 is 44.7 Å². The standard InChI is InChI=1S/C15H10ClN3O3S/c1-18-12-8-9(19(21)22)6-7-13(12)23-15(18)17-14(20)10-4-2-3-5-11(10)16/h2-8H,1H3. The number of carbonyl (C=O) groups is 1. The van der Waals surface area contributed by atoms with Crippen molar-refractivity contribution in [2.75, 3.05) is 0 Å². The van der Waals surface area contributed by atoms with Crippen LogP contribution < -0.4 is 4.80 Å². The lowest BCUT2D eigenvalue weighted by Gasteiger charge is -1.98. The van der Waals surface area contributed by atoms with Crippen LogP contribution in [0.4, 0.5) is 5.69 Å². The normalized spacial score (nSPS) is 11.8. The van der Waals surface area contributed by atoms with E-state index in [0.29, 0.717) is 20.9 Å². The first kappa shape index (κ1) is 15.4. The molecule has 3 rings (SSSR count). The first-order chi connectivity index (χ1) is 11.0. The van der Waals surface area contributed by atoms with Crippen molar-refractivity contribution in [3.8, 4) is 0 Å². The zero-order chi connectivity index (χ0) is 16.6. The van der Waals surface area contributed by atoms with Gasteiger partial charge in [-0.05, 0) is 18.2 Å². The largest absolute Gasteiger partial charge is 0.319 e. The van der Waals surface area contributed by atoms with Crippen LogP contribution in [0.15, 0.2) is 47.5 Å². The summed E-state index contributed by atoms with van der Waals surface area (Å²) < 4.78 is 2.46. The van der Waals surface area contributed by atoms with Gasteiger partial charge < -0.3 is 4.57 Å². The third-order valence-electron chi connectivity index (χ3n) is 3.30. The zero-order valence-corrected chi connectivity index (χ0v) is 13.5. The van der Waals surface area contributed by atoms with Crippen LogP contribution in [-0.2, 0) is 7.05 Å². The van der Waals surface area contributed by atoms with Crippen molar-refractivity contribution in [2.24, 2.45) is 12.0 Å². The van der Waals surface area contributed by atoms with E-state index in [4.69, 9.17) is 11.6 Å². The number of hydrogen-bond acceptors (Lipinski definition) is 4. The van der Waals surface area contributed by atoms with Gasteiger partial charge in [0.25, 0.3) is 11.6 Å². The first-order valence-corrected chi connectivity index (χ1v) is 7.74. The van der Waals surface area contributed by atoms with E-state index in [9.17, 15) is 14.9 Å². The Labute approximate surface area is 139 Å². The number of benzene rings is 2. The fourth-order valence-corrected chi connectivity index (χ4v) is 3.33. The van der Waals surface area contributed by atoms with Crippen LogP contribution in [0.25, 0.3) is 10.2 Å². The van der Waals surface area contributed by atoms with Gasteiger partial charge in [-0.15, -0.1) is 0 Å². The summed E-state index contributed by atoms with van der Waals surface area (Å²) in [5.41, 5.74) is 0.961. The highest BCUT2D eigenvalue weighted by Crippen LogP contribution is 2.22. The summed E-state index contributed by atoms with van der Waals surface area (Å²) in [6.07, 6.45) is 0. The molecular formula is C15H10ClN3O3S. The number of nitro groups is 1. The number of aromatic nitrogens is 1. The van der Waals surface area contributed by atoms with Crippen LogP contribution in [0.1, 0.15) is 10.4 Å². The predicted molar refractivity (Wildman–Crippen MR) is 88.8 cm³/mol. The molecule has 116 valence electrons. The summed E-state index contributed by atoms with van der Waals surface area (Å²) in [5.74, 6) is -0.452. The van der Waals surface area contributed by atoms with Crippen molar-refractivity contribution in [1.29, 1.82) is 0 Å². The van der Waals surface area contributed by atoms with Crippen molar-refractivity contribution in [3.05, 3.63) is 68.0 Å². The molecule has 0 N–H and O–H groups in total. The molecule has 0 fully saturated rings. The van der Waals surface area contributed by atoms with Crippen molar-refractivity contribution < 1.29 is 9.72 Å². The Kier molecular flexibility index (Phi) is 3.97. The number of carbonyl (C=O) groups excluding carboxylic acids is 1. The van der Waals surface area contributed by atoms with Crippen molar-refractivity contribution in [3.63, 3.8) is 0 Å². The molecule has 3 aromatic rings. The monoisotopic (exact) mass is 347 g/mol. The highest BCUT2D eigenvalue weighted by molar-refractivity contribution is 7.16. The van der Waals surface area contributed by atoms with Gasteiger partial charge in [-0.25, -0.2) is 0 Å². The molecule has 6 nitrogen and oxygen atoms in total. The maximum Gasteiger partial charge on any atom is 0.281 e. The van der Waals surface area contributed by atoms with E-state index < -0.39 is 10.8 Å². The molecule has 0 aliphatic rings. The molecule has 2 aromatic carbocycles. The van der Waals surface area contributed by atoms with Gasteiger partial charge in [0.05, 0.1) is 25.7 Å². The molecule has 23 heavy (non-hydrogen) atoms. The van der Waals surface area contributed by atoms with Crippen LogP contribution in [0, 0.1) is 10.1 Å². The average Bonchev–Trinajstić information content (AvgIpc) is 2.83. The van der Waals surface area contributed by atoms with Crippen LogP contribution in [-0.4, -0.2) is 15.4 Å². The summed E-state index contributed by atoms with van der Waals surface area (Å²) in [4.78, 5) is 27.2. The molecule has 0 unspecified atom stereocenters. The number of rotatable bonds is 2. The summed E-state index contributed by atoms with van der Waals surface area (Å²) in [6, 6.07) is 11.2. The topological polar surface area (TPSA) is 77.5 Å².